The molecule has 10 heteroatoms. The summed E-state index contributed by atoms with van der Waals surface area (Å²) in [6.07, 6.45) is 13.9. The Morgan fingerprint density at radius 2 is 0.938 bits per heavy atom. The topological polar surface area (TPSA) is 157 Å². The van der Waals surface area contributed by atoms with Gasteiger partial charge in [0.25, 0.3) is 23.6 Å². The fraction of sp³-hybridized carbons (Fsp3) is 0.579. The number of rotatable bonds is 21. The Hall–Kier alpha value is -4.08. The predicted octanol–water partition coefficient (Wildman–Crippen LogP) is 7.32. The number of carbonyl (C=O) groups is 4. The van der Waals surface area contributed by atoms with E-state index in [1.54, 1.807) is 31.2 Å². The zero-order chi connectivity index (χ0) is 35.4. The molecule has 0 saturated carbocycles. The highest BCUT2D eigenvalue weighted by Gasteiger charge is 2.44. The normalized spacial score (nSPS) is 11.2. The van der Waals surface area contributed by atoms with Crippen LogP contribution >= 0.6 is 0 Å². The van der Waals surface area contributed by atoms with Crippen LogP contribution in [0.2, 0.25) is 0 Å². The first-order valence-corrected chi connectivity index (χ1v) is 18.0. The van der Waals surface area contributed by atoms with E-state index in [2.05, 4.69) is 42.5 Å². The van der Waals surface area contributed by atoms with Crippen LogP contribution in [0, 0.1) is 5.41 Å². The highest BCUT2D eigenvalue weighted by Crippen LogP contribution is 2.31. The van der Waals surface area contributed by atoms with Gasteiger partial charge in [0.2, 0.25) is 0 Å². The van der Waals surface area contributed by atoms with Crippen LogP contribution in [0.1, 0.15) is 156 Å². The van der Waals surface area contributed by atoms with Gasteiger partial charge in [-0.15, -0.1) is 0 Å². The molecule has 266 valence electrons. The molecule has 10 nitrogen and oxygen atoms in total. The number of phenols is 2. The Morgan fingerprint density at radius 3 is 1.33 bits per heavy atom. The van der Waals surface area contributed by atoms with E-state index in [0.717, 1.165) is 77.0 Å². The van der Waals surface area contributed by atoms with Crippen LogP contribution in [0.25, 0.3) is 0 Å². The number of hydrogen-bond acceptors (Lipinski definition) is 6. The minimum atomic E-state index is -1.61. The number of phenolic OH excluding ortho intramolecular Hbond substituents is 2. The van der Waals surface area contributed by atoms with Crippen molar-refractivity contribution >= 4 is 23.6 Å². The molecule has 0 aliphatic rings. The van der Waals surface area contributed by atoms with E-state index in [1.807, 2.05) is 0 Å². The van der Waals surface area contributed by atoms with Crippen LogP contribution in [-0.2, 0) is 22.4 Å². The maximum absolute atomic E-state index is 13.8. The maximum atomic E-state index is 13.8. The summed E-state index contributed by atoms with van der Waals surface area (Å²) < 4.78 is 0. The van der Waals surface area contributed by atoms with E-state index in [-0.39, 0.29) is 35.5 Å². The molecule has 2 rings (SSSR count). The monoisotopic (exact) mass is 666 g/mol. The molecule has 6 N–H and O–H groups in total. The van der Waals surface area contributed by atoms with Crippen molar-refractivity contribution in [3.8, 4) is 11.5 Å². The fourth-order valence-corrected chi connectivity index (χ4v) is 6.05. The lowest BCUT2D eigenvalue weighted by Gasteiger charge is -2.30. The molecule has 0 saturated heterocycles. The van der Waals surface area contributed by atoms with Gasteiger partial charge in [-0.1, -0.05) is 123 Å². The molecule has 0 spiro atoms. The third-order valence-electron chi connectivity index (χ3n) is 9.07. The molecule has 0 aromatic heterocycles. The molecule has 0 heterocycles. The molecule has 0 fully saturated rings. The van der Waals surface area contributed by atoms with Crippen LogP contribution < -0.4 is 21.7 Å². The second-order valence-corrected chi connectivity index (χ2v) is 12.7. The van der Waals surface area contributed by atoms with Gasteiger partial charge in [-0.2, -0.15) is 0 Å². The summed E-state index contributed by atoms with van der Waals surface area (Å²) in [6.45, 7) is 8.05. The van der Waals surface area contributed by atoms with Crippen molar-refractivity contribution in [2.24, 2.45) is 5.41 Å². The third kappa shape index (κ3) is 11.9. The summed E-state index contributed by atoms with van der Waals surface area (Å²) >= 11 is 0. The number of aryl methyl sites for hydroxylation is 2. The van der Waals surface area contributed by atoms with Crippen LogP contribution in [0.4, 0.5) is 0 Å². The number of nitrogens with one attached hydrogen (secondary N) is 4. The maximum Gasteiger partial charge on any atom is 0.273 e. The second kappa shape index (κ2) is 21.7. The number of amides is 4. The molecular weight excluding hydrogens is 608 g/mol. The van der Waals surface area contributed by atoms with Gasteiger partial charge in [0.15, 0.2) is 0 Å². The molecule has 2 aromatic carbocycles. The van der Waals surface area contributed by atoms with Gasteiger partial charge in [0, 0.05) is 0 Å². The lowest BCUT2D eigenvalue weighted by Crippen LogP contribution is -2.58. The van der Waals surface area contributed by atoms with Crippen LogP contribution in [0.5, 0.6) is 11.5 Å². The highest BCUT2D eigenvalue weighted by molar-refractivity contribution is 6.07. The number of aromatic hydroxyl groups is 2. The molecule has 0 unspecified atom stereocenters. The van der Waals surface area contributed by atoms with Gasteiger partial charge in [-0.25, -0.2) is 0 Å². The smallest absolute Gasteiger partial charge is 0.273 e. The molecule has 0 bridgehead atoms. The molecule has 0 aliphatic carbocycles. The number of benzene rings is 2. The summed E-state index contributed by atoms with van der Waals surface area (Å²) in [5, 5.41) is 21.1. The lowest BCUT2D eigenvalue weighted by molar-refractivity contribution is -0.145. The van der Waals surface area contributed by atoms with Crippen molar-refractivity contribution in [3.05, 3.63) is 58.7 Å². The second-order valence-electron chi connectivity index (χ2n) is 12.7. The van der Waals surface area contributed by atoms with Crippen molar-refractivity contribution in [2.45, 2.75) is 137 Å². The summed E-state index contributed by atoms with van der Waals surface area (Å²) in [5.41, 5.74) is 9.63. The number of carbonyl (C=O) groups excluding carboxylic acids is 4. The first kappa shape index (κ1) is 40.1. The van der Waals surface area contributed by atoms with Crippen molar-refractivity contribution in [2.75, 3.05) is 0 Å². The quantitative estimate of drug-likeness (QED) is 0.0466. The predicted molar refractivity (Wildman–Crippen MR) is 189 cm³/mol. The van der Waals surface area contributed by atoms with Gasteiger partial charge >= 0.3 is 0 Å². The molecule has 0 aliphatic heterocycles. The van der Waals surface area contributed by atoms with E-state index in [0.29, 0.717) is 30.4 Å². The average molecular weight is 667 g/mol. The van der Waals surface area contributed by atoms with E-state index in [9.17, 15) is 29.4 Å². The molecule has 0 radical (unpaired) electrons. The van der Waals surface area contributed by atoms with Gasteiger partial charge < -0.3 is 10.2 Å². The van der Waals surface area contributed by atoms with E-state index < -0.39 is 29.0 Å². The minimum Gasteiger partial charge on any atom is -0.507 e. The van der Waals surface area contributed by atoms with Crippen LogP contribution in [-0.4, -0.2) is 33.8 Å². The Morgan fingerprint density at radius 1 is 0.542 bits per heavy atom. The van der Waals surface area contributed by atoms with Gasteiger partial charge in [0.1, 0.15) is 16.9 Å². The zero-order valence-corrected chi connectivity index (χ0v) is 29.5. The van der Waals surface area contributed by atoms with Crippen LogP contribution in [0.15, 0.2) is 36.4 Å². The minimum absolute atomic E-state index is 0.0841. The van der Waals surface area contributed by atoms with Gasteiger partial charge in [0.05, 0.1) is 11.1 Å². The lowest BCUT2D eigenvalue weighted by atomic mass is 9.78. The summed E-state index contributed by atoms with van der Waals surface area (Å²) in [6, 6.07) is 9.79. The average Bonchev–Trinajstić information content (AvgIpc) is 3.08. The fourth-order valence-electron chi connectivity index (χ4n) is 6.05. The zero-order valence-electron chi connectivity index (χ0n) is 29.5. The third-order valence-corrected chi connectivity index (χ3v) is 9.07. The number of hydrazine groups is 2. The Balaban J connectivity index is 2.22. The van der Waals surface area contributed by atoms with Crippen molar-refractivity contribution in [1.29, 1.82) is 0 Å². The Kier molecular flexibility index (Phi) is 18.1. The molecule has 4 amide bonds. The van der Waals surface area contributed by atoms with Gasteiger partial charge in [-0.3, -0.25) is 40.9 Å². The molecular formula is C38H58N4O6. The summed E-state index contributed by atoms with van der Waals surface area (Å²) in [7, 11) is 0. The first-order chi connectivity index (χ1) is 23.2. The van der Waals surface area contributed by atoms with E-state index in [1.165, 1.54) is 12.1 Å². The summed E-state index contributed by atoms with van der Waals surface area (Å²) in [5.74, 6) is -3.19. The SMILES string of the molecule is CCCCCCCC(CC)(C(=O)NNC(=O)c1c(O)cccc1CCCCCC)C(=O)NNC(=O)c1c(O)cccc1CCCCCC. The molecule has 48 heavy (non-hydrogen) atoms. The standard InChI is InChI=1S/C38H58N4O6/c1-5-9-12-15-18-27-38(8-4,36(47)41-39-34(45)32-28(21-16-13-10-6-2)23-19-25-30(32)43)37(48)42-40-35(46)33-29(22-17-14-11-7-3)24-20-26-31(33)44/h19-20,23-26,43-44H,5-18,21-22,27H2,1-4H3,(H,39,45)(H,40,46)(H,41,47)(H,42,48). The van der Waals surface area contributed by atoms with Crippen molar-refractivity contribution in [1.82, 2.24) is 21.7 Å². The largest absolute Gasteiger partial charge is 0.507 e. The van der Waals surface area contributed by atoms with Crippen LogP contribution in [0.3, 0.4) is 0 Å². The number of unbranched alkanes of at least 4 members (excludes halogenated alkanes) is 10. The summed E-state index contributed by atoms with van der Waals surface area (Å²) in [4.78, 5) is 54.2. The van der Waals surface area contributed by atoms with Crippen molar-refractivity contribution in [3.63, 3.8) is 0 Å². The van der Waals surface area contributed by atoms with E-state index in [4.69, 9.17) is 0 Å². The Bertz CT molecular complexity index is 1240. The molecule has 2 aromatic rings. The first-order valence-electron chi connectivity index (χ1n) is 18.0. The van der Waals surface area contributed by atoms with Crippen molar-refractivity contribution < 1.29 is 29.4 Å². The van der Waals surface area contributed by atoms with E-state index >= 15 is 0 Å². The highest BCUT2D eigenvalue weighted by atomic mass is 16.3. The van der Waals surface area contributed by atoms with Gasteiger partial charge in [-0.05, 0) is 61.8 Å². The molecule has 0 atom stereocenters. The number of hydrogen-bond donors (Lipinski definition) is 6. The Labute approximate surface area is 286 Å².